The summed E-state index contributed by atoms with van der Waals surface area (Å²) in [5.74, 6) is -0.166. The molecule has 10 heteroatoms. The van der Waals surface area contributed by atoms with Crippen LogP contribution < -0.4 is 15.8 Å². The van der Waals surface area contributed by atoms with E-state index in [0.29, 0.717) is 23.2 Å². The van der Waals surface area contributed by atoms with Gasteiger partial charge in [-0.15, -0.1) is 0 Å². The summed E-state index contributed by atoms with van der Waals surface area (Å²) in [4.78, 5) is 25.4. The van der Waals surface area contributed by atoms with Gasteiger partial charge in [-0.2, -0.15) is 4.72 Å². The van der Waals surface area contributed by atoms with Crippen LogP contribution in [0.5, 0.6) is 0 Å². The minimum Gasteiger partial charge on any atom is -0.369 e. The van der Waals surface area contributed by atoms with E-state index in [9.17, 15) is 18.0 Å². The van der Waals surface area contributed by atoms with Crippen LogP contribution in [0.2, 0.25) is 5.02 Å². The summed E-state index contributed by atoms with van der Waals surface area (Å²) in [6.07, 6.45) is 2.96. The van der Waals surface area contributed by atoms with Crippen LogP contribution in [0.4, 0.5) is 0 Å². The third kappa shape index (κ3) is 5.16. The molecule has 0 saturated heterocycles. The first-order valence-electron chi connectivity index (χ1n) is 10.8. The molecular formula is C22H31BrClN3O4S. The largest absolute Gasteiger partial charge is 0.369 e. The number of carbonyl (C=O) groups is 2. The molecule has 5 atom stereocenters. The second kappa shape index (κ2) is 8.89. The molecule has 2 fully saturated rings. The van der Waals surface area contributed by atoms with Crippen molar-refractivity contribution in [2.45, 2.75) is 69.9 Å². The van der Waals surface area contributed by atoms with Gasteiger partial charge in [0.15, 0.2) is 0 Å². The van der Waals surface area contributed by atoms with E-state index >= 15 is 0 Å². The Kier molecular flexibility index (Phi) is 7.07. The van der Waals surface area contributed by atoms with Gasteiger partial charge in [-0.05, 0) is 75.5 Å². The van der Waals surface area contributed by atoms with E-state index in [1.54, 1.807) is 6.07 Å². The van der Waals surface area contributed by atoms with E-state index in [1.807, 2.05) is 6.92 Å². The molecule has 0 spiro atoms. The summed E-state index contributed by atoms with van der Waals surface area (Å²) in [6.45, 7) is 7.19. The Morgan fingerprint density at radius 2 is 1.84 bits per heavy atom. The van der Waals surface area contributed by atoms with Crippen LogP contribution in [-0.4, -0.2) is 31.8 Å². The van der Waals surface area contributed by atoms with Gasteiger partial charge < -0.3 is 11.1 Å². The molecule has 0 aliphatic heterocycles. The van der Waals surface area contributed by atoms with Gasteiger partial charge in [0.2, 0.25) is 21.8 Å². The SMILES string of the molecule is CC1CC2CC(C(N)=O)(C1)CC(C)C2NC(=O)C(C)(C)NS(=O)(=O)c1cc(Cl)cc(Br)c1. The highest BCUT2D eigenvalue weighted by molar-refractivity contribution is 9.10. The normalized spacial score (nSPS) is 30.6. The number of hydrogen-bond donors (Lipinski definition) is 3. The number of primary amides is 1. The van der Waals surface area contributed by atoms with E-state index in [4.69, 9.17) is 17.3 Å². The number of sulfonamides is 1. The number of benzene rings is 1. The van der Waals surface area contributed by atoms with Crippen molar-refractivity contribution in [3.05, 3.63) is 27.7 Å². The highest BCUT2D eigenvalue weighted by Gasteiger charge is 2.52. The molecule has 2 aliphatic rings. The Morgan fingerprint density at radius 3 is 2.44 bits per heavy atom. The van der Waals surface area contributed by atoms with Crippen molar-refractivity contribution < 1.29 is 18.0 Å². The van der Waals surface area contributed by atoms with Crippen LogP contribution in [0.1, 0.15) is 53.4 Å². The molecule has 1 aromatic carbocycles. The molecule has 2 amide bonds. The van der Waals surface area contributed by atoms with Gasteiger partial charge in [0.1, 0.15) is 5.54 Å². The highest BCUT2D eigenvalue weighted by Crippen LogP contribution is 2.52. The maximum atomic E-state index is 13.2. The lowest BCUT2D eigenvalue weighted by atomic mass is 9.54. The Bertz CT molecular complexity index is 1010. The molecule has 5 unspecified atom stereocenters. The van der Waals surface area contributed by atoms with Crippen LogP contribution in [0.15, 0.2) is 27.6 Å². The van der Waals surface area contributed by atoms with Crippen molar-refractivity contribution >= 4 is 49.4 Å². The van der Waals surface area contributed by atoms with Crippen LogP contribution >= 0.6 is 27.5 Å². The standard InChI is InChI=1S/C22H31BrClN3O4S/c1-12-5-14-11-22(9-12,19(25)28)10-13(2)18(14)26-20(29)21(3,4)27-32(30,31)17-7-15(23)6-16(24)8-17/h6-8,12-14,18,27H,5,9-11H2,1-4H3,(H2,25,28)(H,26,29). The molecule has 178 valence electrons. The molecule has 2 bridgehead atoms. The average molecular weight is 549 g/mol. The van der Waals surface area contributed by atoms with Crippen LogP contribution in [0.3, 0.4) is 0 Å². The van der Waals surface area contributed by atoms with Crippen molar-refractivity contribution in [3.8, 4) is 0 Å². The smallest absolute Gasteiger partial charge is 0.241 e. The lowest BCUT2D eigenvalue weighted by Crippen LogP contribution is -2.62. The predicted molar refractivity (Wildman–Crippen MR) is 127 cm³/mol. The first-order valence-corrected chi connectivity index (χ1v) is 13.4. The second-order valence-corrected chi connectivity index (χ2v) is 13.2. The number of rotatable bonds is 6. The van der Waals surface area contributed by atoms with Gasteiger partial charge in [0.25, 0.3) is 0 Å². The number of fused-ring (bicyclic) bond motifs is 2. The highest BCUT2D eigenvalue weighted by atomic mass is 79.9. The van der Waals surface area contributed by atoms with E-state index in [-0.39, 0.29) is 33.7 Å². The fourth-order valence-electron chi connectivity index (χ4n) is 5.60. The number of halogens is 2. The summed E-state index contributed by atoms with van der Waals surface area (Å²) < 4.78 is 28.9. The van der Waals surface area contributed by atoms with Crippen LogP contribution in [0.25, 0.3) is 0 Å². The second-order valence-electron chi connectivity index (χ2n) is 10.2. The third-order valence-electron chi connectivity index (χ3n) is 6.85. The Hall–Kier alpha value is -1.16. The first-order chi connectivity index (χ1) is 14.6. The van der Waals surface area contributed by atoms with E-state index in [0.717, 1.165) is 12.8 Å². The molecule has 32 heavy (non-hydrogen) atoms. The Labute approximate surface area is 203 Å². The minimum atomic E-state index is -4.00. The fourth-order valence-corrected chi connectivity index (χ4v) is 8.13. The van der Waals surface area contributed by atoms with Crippen molar-refractivity contribution in [2.75, 3.05) is 0 Å². The molecular weight excluding hydrogens is 518 g/mol. The number of hydrogen-bond acceptors (Lipinski definition) is 4. The molecule has 3 rings (SSSR count). The van der Waals surface area contributed by atoms with Gasteiger partial charge in [-0.25, -0.2) is 8.42 Å². The predicted octanol–water partition coefficient (Wildman–Crippen LogP) is 3.59. The zero-order chi connectivity index (χ0) is 24.1. The van der Waals surface area contributed by atoms with Gasteiger partial charge >= 0.3 is 0 Å². The van der Waals surface area contributed by atoms with E-state index < -0.39 is 26.9 Å². The molecule has 1 aromatic rings. The topological polar surface area (TPSA) is 118 Å². The number of nitrogens with one attached hydrogen (secondary N) is 2. The third-order valence-corrected chi connectivity index (χ3v) is 9.17. The van der Waals surface area contributed by atoms with Gasteiger partial charge in [-0.3, -0.25) is 9.59 Å². The first kappa shape index (κ1) is 25.5. The lowest BCUT2D eigenvalue weighted by Gasteiger charge is -2.52. The van der Waals surface area contributed by atoms with Crippen molar-refractivity contribution in [3.63, 3.8) is 0 Å². The summed E-state index contributed by atoms with van der Waals surface area (Å²) in [5.41, 5.74) is 3.87. The van der Waals surface area contributed by atoms with Crippen molar-refractivity contribution in [1.29, 1.82) is 0 Å². The minimum absolute atomic E-state index is 0.0314. The summed E-state index contributed by atoms with van der Waals surface area (Å²) in [6, 6.07) is 4.19. The molecule has 4 N–H and O–H groups in total. The fraction of sp³-hybridized carbons (Fsp3) is 0.636. The molecule has 2 aliphatic carbocycles. The summed E-state index contributed by atoms with van der Waals surface area (Å²) >= 11 is 9.24. The van der Waals surface area contributed by atoms with Gasteiger partial charge in [-0.1, -0.05) is 41.4 Å². The van der Waals surface area contributed by atoms with Crippen LogP contribution in [-0.2, 0) is 19.6 Å². The Morgan fingerprint density at radius 1 is 1.19 bits per heavy atom. The molecule has 0 aromatic heterocycles. The molecule has 0 heterocycles. The summed E-state index contributed by atoms with van der Waals surface area (Å²) in [7, 11) is -4.00. The maximum absolute atomic E-state index is 13.2. The van der Waals surface area contributed by atoms with Gasteiger partial charge in [0, 0.05) is 21.0 Å². The van der Waals surface area contributed by atoms with E-state index in [1.165, 1.54) is 26.0 Å². The zero-order valence-corrected chi connectivity index (χ0v) is 21.9. The number of carbonyl (C=O) groups excluding carboxylic acids is 2. The molecule has 2 saturated carbocycles. The maximum Gasteiger partial charge on any atom is 0.241 e. The zero-order valence-electron chi connectivity index (χ0n) is 18.7. The average Bonchev–Trinajstić information content (AvgIpc) is 2.62. The lowest BCUT2D eigenvalue weighted by molar-refractivity contribution is -0.139. The van der Waals surface area contributed by atoms with E-state index in [2.05, 4.69) is 32.9 Å². The summed E-state index contributed by atoms with van der Waals surface area (Å²) in [5, 5.41) is 3.35. The van der Waals surface area contributed by atoms with Crippen molar-refractivity contribution in [1.82, 2.24) is 10.0 Å². The van der Waals surface area contributed by atoms with Crippen LogP contribution in [0, 0.1) is 23.2 Å². The number of amides is 2. The molecule has 7 nitrogen and oxygen atoms in total. The quantitative estimate of drug-likeness (QED) is 0.503. The number of nitrogens with two attached hydrogens (primary N) is 1. The molecule has 0 radical (unpaired) electrons. The van der Waals surface area contributed by atoms with Gasteiger partial charge in [0.05, 0.1) is 4.90 Å². The van der Waals surface area contributed by atoms with Crippen molar-refractivity contribution in [2.24, 2.45) is 28.9 Å². The Balaban J connectivity index is 1.77. The monoisotopic (exact) mass is 547 g/mol.